The van der Waals surface area contributed by atoms with Crippen molar-refractivity contribution in [2.75, 3.05) is 0 Å². The van der Waals surface area contributed by atoms with Gasteiger partial charge in [-0.1, -0.05) is 48.5 Å². The molecule has 1 N–H and O–H groups in total. The first-order chi connectivity index (χ1) is 9.95. The Morgan fingerprint density at radius 2 is 1.62 bits per heavy atom. The predicted molar refractivity (Wildman–Crippen MR) is 73.4 cm³/mol. The number of amides is 1. The highest BCUT2D eigenvalue weighted by atomic mass is 19.4. The Hall–Kier alpha value is -2.30. The number of hydrogen-bond acceptors (Lipinski definition) is 1. The van der Waals surface area contributed by atoms with Gasteiger partial charge in [0, 0.05) is 6.54 Å². The monoisotopic (exact) mass is 293 g/mol. The third-order valence-electron chi connectivity index (χ3n) is 2.95. The van der Waals surface area contributed by atoms with Gasteiger partial charge in [-0.25, -0.2) is 0 Å². The van der Waals surface area contributed by atoms with Crippen molar-refractivity contribution in [1.29, 1.82) is 0 Å². The van der Waals surface area contributed by atoms with Gasteiger partial charge < -0.3 is 5.32 Å². The van der Waals surface area contributed by atoms with Gasteiger partial charge in [-0.15, -0.1) is 0 Å². The minimum absolute atomic E-state index is 0.0727. The zero-order valence-electron chi connectivity index (χ0n) is 11.2. The topological polar surface area (TPSA) is 29.1 Å². The van der Waals surface area contributed by atoms with E-state index in [0.29, 0.717) is 12.1 Å². The molecule has 0 spiro atoms. The Balaban J connectivity index is 1.94. The smallest absolute Gasteiger partial charge is 0.352 e. The van der Waals surface area contributed by atoms with Crippen LogP contribution in [-0.2, 0) is 23.9 Å². The van der Waals surface area contributed by atoms with Crippen LogP contribution >= 0.6 is 0 Å². The maximum atomic E-state index is 12.6. The highest BCUT2D eigenvalue weighted by Gasteiger charge is 2.30. The molecule has 0 heterocycles. The van der Waals surface area contributed by atoms with E-state index in [0.717, 1.165) is 17.7 Å². The van der Waals surface area contributed by atoms with Gasteiger partial charge in [0.05, 0.1) is 12.0 Å². The van der Waals surface area contributed by atoms with E-state index in [1.807, 2.05) is 30.3 Å². The number of halogens is 3. The Morgan fingerprint density at radius 3 is 2.29 bits per heavy atom. The molecule has 2 nitrogen and oxygen atoms in total. The van der Waals surface area contributed by atoms with E-state index in [9.17, 15) is 18.0 Å². The number of rotatable bonds is 4. The van der Waals surface area contributed by atoms with Crippen LogP contribution in [-0.4, -0.2) is 5.91 Å². The van der Waals surface area contributed by atoms with Crippen LogP contribution in [0.25, 0.3) is 0 Å². The summed E-state index contributed by atoms with van der Waals surface area (Å²) in [4.78, 5) is 11.8. The maximum Gasteiger partial charge on any atom is 0.416 e. The molecule has 0 unspecified atom stereocenters. The van der Waals surface area contributed by atoms with Crippen LogP contribution in [0.2, 0.25) is 0 Å². The first-order valence-corrected chi connectivity index (χ1v) is 6.42. The van der Waals surface area contributed by atoms with Crippen LogP contribution in [0.15, 0.2) is 54.6 Å². The second-order valence-electron chi connectivity index (χ2n) is 4.64. The first kappa shape index (κ1) is 15.1. The number of hydrogen-bond donors (Lipinski definition) is 1. The molecule has 0 aliphatic rings. The molecule has 2 aromatic rings. The van der Waals surface area contributed by atoms with Crippen molar-refractivity contribution >= 4 is 5.91 Å². The van der Waals surface area contributed by atoms with Crippen molar-refractivity contribution in [2.45, 2.75) is 19.1 Å². The standard InChI is InChI=1S/C16H14F3NO/c17-16(18,19)14-8-4-7-13(9-14)10-15(21)20-11-12-5-2-1-3-6-12/h1-9H,10-11H2,(H,20,21). The number of nitrogens with one attached hydrogen (secondary N) is 1. The molecule has 0 fully saturated rings. The maximum absolute atomic E-state index is 12.6. The van der Waals surface area contributed by atoms with Crippen LogP contribution in [0.3, 0.4) is 0 Å². The van der Waals surface area contributed by atoms with Crippen molar-refractivity contribution in [3.63, 3.8) is 0 Å². The summed E-state index contributed by atoms with van der Waals surface area (Å²) in [5, 5.41) is 2.69. The van der Waals surface area contributed by atoms with Gasteiger partial charge in [-0.05, 0) is 17.2 Å². The second-order valence-corrected chi connectivity index (χ2v) is 4.64. The number of benzene rings is 2. The quantitative estimate of drug-likeness (QED) is 0.917. The second kappa shape index (κ2) is 6.43. The van der Waals surface area contributed by atoms with Gasteiger partial charge in [0.2, 0.25) is 5.91 Å². The Labute approximate surface area is 120 Å². The molecule has 1 amide bonds. The summed E-state index contributed by atoms with van der Waals surface area (Å²) in [5.41, 5.74) is 0.543. The molecule has 2 rings (SSSR count). The fourth-order valence-electron chi connectivity index (χ4n) is 1.90. The molecule has 0 radical (unpaired) electrons. The van der Waals surface area contributed by atoms with Gasteiger partial charge >= 0.3 is 6.18 Å². The van der Waals surface area contributed by atoms with E-state index in [1.54, 1.807) is 0 Å². The number of carbonyl (C=O) groups is 1. The lowest BCUT2D eigenvalue weighted by atomic mass is 10.1. The van der Waals surface area contributed by atoms with Gasteiger partial charge in [0.1, 0.15) is 0 Å². The van der Waals surface area contributed by atoms with Crippen LogP contribution < -0.4 is 5.32 Å². The summed E-state index contributed by atoms with van der Waals surface area (Å²) in [5.74, 6) is -0.307. The molecule has 0 aliphatic carbocycles. The first-order valence-electron chi connectivity index (χ1n) is 6.42. The summed E-state index contributed by atoms with van der Waals surface area (Å²) in [6, 6.07) is 14.1. The summed E-state index contributed by atoms with van der Waals surface area (Å²) >= 11 is 0. The minimum Gasteiger partial charge on any atom is -0.352 e. The molecule has 0 aliphatic heterocycles. The van der Waals surface area contributed by atoms with E-state index in [1.165, 1.54) is 12.1 Å². The van der Waals surface area contributed by atoms with Crippen LogP contribution in [0.5, 0.6) is 0 Å². The van der Waals surface area contributed by atoms with Gasteiger partial charge in [0.15, 0.2) is 0 Å². The Kier molecular flexibility index (Phi) is 4.62. The molecule has 0 atom stereocenters. The lowest BCUT2D eigenvalue weighted by Gasteiger charge is -2.09. The minimum atomic E-state index is -4.39. The number of carbonyl (C=O) groups excluding carboxylic acids is 1. The molecule has 110 valence electrons. The average molecular weight is 293 g/mol. The Bertz CT molecular complexity index is 608. The van der Waals surface area contributed by atoms with Crippen LogP contribution in [0.1, 0.15) is 16.7 Å². The molecule has 0 saturated carbocycles. The highest BCUT2D eigenvalue weighted by Crippen LogP contribution is 2.29. The molecular formula is C16H14F3NO. The van der Waals surface area contributed by atoms with E-state index < -0.39 is 11.7 Å². The summed E-state index contributed by atoms with van der Waals surface area (Å²) in [7, 11) is 0. The lowest BCUT2D eigenvalue weighted by molar-refractivity contribution is -0.137. The van der Waals surface area contributed by atoms with Gasteiger partial charge in [-0.2, -0.15) is 13.2 Å². The summed E-state index contributed by atoms with van der Waals surface area (Å²) in [6.07, 6.45) is -4.47. The third-order valence-corrected chi connectivity index (χ3v) is 2.95. The van der Waals surface area contributed by atoms with E-state index in [4.69, 9.17) is 0 Å². The fourth-order valence-corrected chi connectivity index (χ4v) is 1.90. The van der Waals surface area contributed by atoms with Crippen molar-refractivity contribution in [1.82, 2.24) is 5.32 Å². The average Bonchev–Trinajstić information content (AvgIpc) is 2.46. The van der Waals surface area contributed by atoms with E-state index >= 15 is 0 Å². The van der Waals surface area contributed by atoms with E-state index in [-0.39, 0.29) is 12.3 Å². The van der Waals surface area contributed by atoms with Crippen molar-refractivity contribution in [3.8, 4) is 0 Å². The van der Waals surface area contributed by atoms with Crippen molar-refractivity contribution < 1.29 is 18.0 Å². The van der Waals surface area contributed by atoms with Crippen molar-refractivity contribution in [3.05, 3.63) is 71.3 Å². The molecular weight excluding hydrogens is 279 g/mol. The zero-order chi connectivity index (χ0) is 15.3. The van der Waals surface area contributed by atoms with Crippen LogP contribution in [0.4, 0.5) is 13.2 Å². The van der Waals surface area contributed by atoms with Crippen molar-refractivity contribution in [2.24, 2.45) is 0 Å². The van der Waals surface area contributed by atoms with Gasteiger partial charge in [0.25, 0.3) is 0 Å². The fraction of sp³-hybridized carbons (Fsp3) is 0.188. The summed E-state index contributed by atoms with van der Waals surface area (Å²) in [6.45, 7) is 0.360. The lowest BCUT2D eigenvalue weighted by Crippen LogP contribution is -2.24. The normalized spacial score (nSPS) is 11.2. The third kappa shape index (κ3) is 4.63. The SMILES string of the molecule is O=C(Cc1cccc(C(F)(F)F)c1)NCc1ccccc1. The molecule has 0 saturated heterocycles. The largest absolute Gasteiger partial charge is 0.416 e. The van der Waals surface area contributed by atoms with Gasteiger partial charge in [-0.3, -0.25) is 4.79 Å². The molecule has 0 bridgehead atoms. The van der Waals surface area contributed by atoms with E-state index in [2.05, 4.69) is 5.32 Å². The zero-order valence-corrected chi connectivity index (χ0v) is 11.2. The van der Waals surface area contributed by atoms with Crippen LogP contribution in [0, 0.1) is 0 Å². The molecule has 0 aromatic heterocycles. The Morgan fingerprint density at radius 1 is 0.952 bits per heavy atom. The molecule has 21 heavy (non-hydrogen) atoms. The molecule has 5 heteroatoms. The predicted octanol–water partition coefficient (Wildman–Crippen LogP) is 3.56. The molecule has 2 aromatic carbocycles. The summed E-state index contributed by atoms with van der Waals surface area (Å²) < 4.78 is 37.7. The highest BCUT2D eigenvalue weighted by molar-refractivity contribution is 5.78. The number of alkyl halides is 3.